The van der Waals surface area contributed by atoms with E-state index in [0.717, 1.165) is 55.9 Å². The Labute approximate surface area is 155 Å². The number of nitrogens with one attached hydrogen (secondary N) is 1. The van der Waals surface area contributed by atoms with E-state index in [2.05, 4.69) is 42.8 Å². The van der Waals surface area contributed by atoms with Crippen LogP contribution in [0, 0.1) is 5.92 Å². The molecule has 1 saturated carbocycles. The maximum absolute atomic E-state index is 10.8. The molecular formula is C21H39NOS. The van der Waals surface area contributed by atoms with Crippen molar-refractivity contribution < 1.29 is 5.11 Å². The highest BCUT2D eigenvalue weighted by atomic mass is 32.2. The van der Waals surface area contributed by atoms with Gasteiger partial charge in [-0.2, -0.15) is 0 Å². The number of rotatable bonds is 6. The second-order valence-corrected chi connectivity index (χ2v) is 7.14. The molecule has 140 valence electrons. The molecule has 2 rings (SSSR count). The third-order valence-electron chi connectivity index (χ3n) is 4.35. The summed E-state index contributed by atoms with van der Waals surface area (Å²) in [5.74, 6) is 1.86. The summed E-state index contributed by atoms with van der Waals surface area (Å²) in [7, 11) is 0. The van der Waals surface area contributed by atoms with Gasteiger partial charge in [-0.05, 0) is 49.1 Å². The summed E-state index contributed by atoms with van der Waals surface area (Å²) in [5.41, 5.74) is 1.86. The molecule has 0 radical (unpaired) electrons. The fourth-order valence-corrected chi connectivity index (χ4v) is 3.33. The molecule has 0 heterocycles. The first kappa shape index (κ1) is 23.5. The van der Waals surface area contributed by atoms with Gasteiger partial charge in [0.1, 0.15) is 0 Å². The van der Waals surface area contributed by atoms with Crippen LogP contribution >= 0.6 is 11.9 Å². The van der Waals surface area contributed by atoms with Gasteiger partial charge in [0.15, 0.2) is 0 Å². The average molecular weight is 354 g/mol. The quantitative estimate of drug-likeness (QED) is 0.490. The molecule has 0 aromatic heterocycles. The minimum Gasteiger partial charge on any atom is -0.385 e. The van der Waals surface area contributed by atoms with Gasteiger partial charge in [0.25, 0.3) is 0 Å². The second-order valence-electron chi connectivity index (χ2n) is 5.99. The Bertz CT molecular complexity index is 397. The number of benzene rings is 1. The Hall–Kier alpha value is -0.510. The van der Waals surface area contributed by atoms with E-state index in [4.69, 9.17) is 0 Å². The average Bonchev–Trinajstić information content (AvgIpc) is 2.65. The molecule has 0 saturated heterocycles. The third kappa shape index (κ3) is 8.04. The summed E-state index contributed by atoms with van der Waals surface area (Å²) in [5, 5.41) is 10.8. The summed E-state index contributed by atoms with van der Waals surface area (Å²) in [6, 6.07) is 8.59. The van der Waals surface area contributed by atoms with Gasteiger partial charge in [0.2, 0.25) is 0 Å². The molecule has 0 spiro atoms. The van der Waals surface area contributed by atoms with Gasteiger partial charge >= 0.3 is 0 Å². The van der Waals surface area contributed by atoms with Crippen molar-refractivity contribution in [2.24, 2.45) is 5.92 Å². The van der Waals surface area contributed by atoms with Crippen molar-refractivity contribution in [1.82, 2.24) is 4.72 Å². The van der Waals surface area contributed by atoms with E-state index >= 15 is 0 Å². The molecule has 1 aliphatic carbocycles. The summed E-state index contributed by atoms with van der Waals surface area (Å²) in [6.45, 7) is 13.4. The van der Waals surface area contributed by atoms with Crippen LogP contribution in [0.1, 0.15) is 78.4 Å². The van der Waals surface area contributed by atoms with Crippen LogP contribution < -0.4 is 4.72 Å². The van der Waals surface area contributed by atoms with Crippen LogP contribution in [0.25, 0.3) is 0 Å². The summed E-state index contributed by atoms with van der Waals surface area (Å²) in [6.07, 6.45) is 5.12. The first-order valence-electron chi connectivity index (χ1n) is 9.80. The number of hydrogen-bond acceptors (Lipinski definition) is 3. The molecule has 0 bridgehead atoms. The summed E-state index contributed by atoms with van der Waals surface area (Å²) in [4.78, 5) is 0. The zero-order valence-electron chi connectivity index (χ0n) is 16.7. The maximum Gasteiger partial charge on any atom is 0.0896 e. The van der Waals surface area contributed by atoms with Crippen molar-refractivity contribution in [3.8, 4) is 0 Å². The first-order chi connectivity index (χ1) is 11.6. The minimum atomic E-state index is -0.582. The molecule has 0 amide bonds. The zero-order chi connectivity index (χ0) is 18.4. The van der Waals surface area contributed by atoms with Crippen molar-refractivity contribution in [1.29, 1.82) is 0 Å². The predicted octanol–water partition coefficient (Wildman–Crippen LogP) is 5.94. The minimum absolute atomic E-state index is 0.582. The zero-order valence-corrected chi connectivity index (χ0v) is 17.5. The highest BCUT2D eigenvalue weighted by Gasteiger charge is 2.33. The molecule has 24 heavy (non-hydrogen) atoms. The smallest absolute Gasteiger partial charge is 0.0896 e. The van der Waals surface area contributed by atoms with Crippen molar-refractivity contribution in [2.75, 3.05) is 12.3 Å². The van der Waals surface area contributed by atoms with Crippen LogP contribution in [0.2, 0.25) is 0 Å². The van der Waals surface area contributed by atoms with E-state index in [-0.39, 0.29) is 0 Å². The summed E-state index contributed by atoms with van der Waals surface area (Å²) < 4.78 is 3.34. The molecule has 0 aliphatic heterocycles. The fourth-order valence-electron chi connectivity index (χ4n) is 2.88. The Morgan fingerprint density at radius 2 is 1.62 bits per heavy atom. The Kier molecular flexibility index (Phi) is 13.5. The molecule has 0 atom stereocenters. The van der Waals surface area contributed by atoms with Gasteiger partial charge in [-0.3, -0.25) is 4.72 Å². The van der Waals surface area contributed by atoms with Crippen molar-refractivity contribution in [3.63, 3.8) is 0 Å². The first-order valence-corrected chi connectivity index (χ1v) is 10.8. The Balaban J connectivity index is 0.00000123. The van der Waals surface area contributed by atoms with E-state index in [1.807, 2.05) is 27.7 Å². The monoisotopic (exact) mass is 353 g/mol. The molecule has 1 aromatic carbocycles. The number of hydrogen-bond donors (Lipinski definition) is 2. The Morgan fingerprint density at radius 3 is 2.12 bits per heavy atom. The third-order valence-corrected chi connectivity index (χ3v) is 5.05. The van der Waals surface area contributed by atoms with Crippen LogP contribution in [0.5, 0.6) is 0 Å². The van der Waals surface area contributed by atoms with Crippen molar-refractivity contribution >= 4 is 11.9 Å². The van der Waals surface area contributed by atoms with E-state index < -0.39 is 5.60 Å². The van der Waals surface area contributed by atoms with Gasteiger partial charge in [-0.1, -0.05) is 77.8 Å². The Morgan fingerprint density at radius 1 is 1.08 bits per heavy atom. The second kappa shape index (κ2) is 13.7. The lowest BCUT2D eigenvalue weighted by atomic mass is 9.76. The largest absolute Gasteiger partial charge is 0.385 e. The maximum atomic E-state index is 10.8. The van der Waals surface area contributed by atoms with Crippen molar-refractivity contribution in [3.05, 3.63) is 35.4 Å². The lowest BCUT2D eigenvalue weighted by Gasteiger charge is -2.35. The lowest BCUT2D eigenvalue weighted by Crippen LogP contribution is -2.30. The number of aliphatic hydroxyl groups is 1. The van der Waals surface area contributed by atoms with Crippen LogP contribution in [0.3, 0.4) is 0 Å². The molecule has 1 aliphatic rings. The predicted molar refractivity (Wildman–Crippen MR) is 111 cm³/mol. The van der Waals surface area contributed by atoms with Gasteiger partial charge in [-0.25, -0.2) is 0 Å². The highest BCUT2D eigenvalue weighted by molar-refractivity contribution is 7.97. The summed E-state index contributed by atoms with van der Waals surface area (Å²) >= 11 is 1.76. The van der Waals surface area contributed by atoms with Crippen LogP contribution in [-0.4, -0.2) is 17.4 Å². The molecular weight excluding hydrogens is 314 g/mol. The fraction of sp³-hybridized carbons (Fsp3) is 0.714. The lowest BCUT2D eigenvalue weighted by molar-refractivity contribution is -0.0120. The normalized spacial score (nSPS) is 22.7. The molecule has 1 aromatic rings. The molecule has 3 heteroatoms. The van der Waals surface area contributed by atoms with Crippen LogP contribution in [-0.2, 0) is 12.0 Å². The van der Waals surface area contributed by atoms with Crippen molar-refractivity contribution in [2.45, 2.75) is 79.2 Å². The van der Waals surface area contributed by atoms with Gasteiger partial charge in [0.05, 0.1) is 5.60 Å². The molecule has 2 nitrogen and oxygen atoms in total. The molecule has 0 unspecified atom stereocenters. The van der Waals surface area contributed by atoms with E-state index in [1.54, 1.807) is 11.9 Å². The standard InChI is InChI=1S/C17H27NOS.2C2H6/c1-3-20-18-13-10-15-4-6-16(7-5-15)17(19)11-8-14(2)9-12-17;2*1-2/h4-7,14,18-19H,3,8-13H2,1-2H3;2*1-2H3. The topological polar surface area (TPSA) is 32.3 Å². The molecule has 2 N–H and O–H groups in total. The highest BCUT2D eigenvalue weighted by Crippen LogP contribution is 2.39. The van der Waals surface area contributed by atoms with Crippen LogP contribution in [0.4, 0.5) is 0 Å². The van der Waals surface area contributed by atoms with E-state index in [9.17, 15) is 5.11 Å². The molecule has 1 fully saturated rings. The van der Waals surface area contributed by atoms with E-state index in [1.165, 1.54) is 5.56 Å². The SMILES string of the molecule is CC.CC.CCSNCCc1ccc(C2(O)CCC(C)CC2)cc1. The van der Waals surface area contributed by atoms with Gasteiger partial charge in [-0.15, -0.1) is 0 Å². The van der Waals surface area contributed by atoms with E-state index in [0.29, 0.717) is 0 Å². The van der Waals surface area contributed by atoms with Gasteiger partial charge < -0.3 is 5.11 Å². The van der Waals surface area contributed by atoms with Gasteiger partial charge in [0, 0.05) is 12.3 Å². The van der Waals surface area contributed by atoms with Crippen LogP contribution in [0.15, 0.2) is 24.3 Å².